The summed E-state index contributed by atoms with van der Waals surface area (Å²) in [5.41, 5.74) is 2.43. The molecule has 0 fully saturated rings. The lowest BCUT2D eigenvalue weighted by atomic mass is 10.1. The molecule has 28 heavy (non-hydrogen) atoms. The third-order valence-electron chi connectivity index (χ3n) is 4.54. The Balaban J connectivity index is 1.74. The van der Waals surface area contributed by atoms with Gasteiger partial charge in [-0.15, -0.1) is 0 Å². The quantitative estimate of drug-likeness (QED) is 0.636. The third kappa shape index (κ3) is 3.88. The lowest BCUT2D eigenvalue weighted by Gasteiger charge is -2.15. The maximum atomic E-state index is 12.5. The molecule has 2 N–H and O–H groups in total. The number of sulfonamides is 1. The number of H-pyrrole nitrogens is 1. The van der Waals surface area contributed by atoms with Gasteiger partial charge in [0.15, 0.2) is 0 Å². The molecule has 2 aromatic carbocycles. The van der Waals surface area contributed by atoms with E-state index in [-0.39, 0.29) is 22.1 Å². The van der Waals surface area contributed by atoms with Crippen molar-refractivity contribution in [1.29, 1.82) is 0 Å². The van der Waals surface area contributed by atoms with Gasteiger partial charge in [0.05, 0.1) is 7.11 Å². The highest BCUT2D eigenvalue weighted by atomic mass is 32.2. The van der Waals surface area contributed by atoms with Gasteiger partial charge in [-0.2, -0.15) is 0 Å². The molecule has 0 aliphatic heterocycles. The first kappa shape index (κ1) is 19.9. The van der Waals surface area contributed by atoms with E-state index in [1.807, 2.05) is 30.5 Å². The number of hydrogen-bond acceptors (Lipinski definition) is 4. The van der Waals surface area contributed by atoms with Crippen molar-refractivity contribution in [2.24, 2.45) is 0 Å². The summed E-state index contributed by atoms with van der Waals surface area (Å²) in [7, 11) is 0.529. The van der Waals surface area contributed by atoms with Gasteiger partial charge < -0.3 is 15.0 Å². The van der Waals surface area contributed by atoms with Crippen molar-refractivity contribution in [3.8, 4) is 5.75 Å². The van der Waals surface area contributed by atoms with Crippen molar-refractivity contribution in [3.05, 3.63) is 59.8 Å². The zero-order chi connectivity index (χ0) is 20.3. The number of nitrogens with zero attached hydrogens (tertiary/aromatic N) is 1. The summed E-state index contributed by atoms with van der Waals surface area (Å²) in [5.74, 6) is -0.137. The van der Waals surface area contributed by atoms with Gasteiger partial charge >= 0.3 is 0 Å². The zero-order valence-electron chi connectivity index (χ0n) is 16.0. The van der Waals surface area contributed by atoms with Crippen molar-refractivity contribution < 1.29 is 17.9 Å². The maximum absolute atomic E-state index is 12.5. The second-order valence-corrected chi connectivity index (χ2v) is 8.64. The molecule has 0 saturated carbocycles. The van der Waals surface area contributed by atoms with Crippen LogP contribution in [0.15, 0.2) is 53.6 Å². The first-order valence-electron chi connectivity index (χ1n) is 8.78. The Bertz CT molecular complexity index is 1100. The second-order valence-electron chi connectivity index (χ2n) is 6.52. The van der Waals surface area contributed by atoms with Crippen LogP contribution in [0.3, 0.4) is 0 Å². The number of aromatic nitrogens is 1. The molecule has 3 aromatic rings. The van der Waals surface area contributed by atoms with Crippen molar-refractivity contribution in [2.45, 2.75) is 11.3 Å². The first-order valence-corrected chi connectivity index (χ1v) is 10.2. The van der Waals surface area contributed by atoms with Gasteiger partial charge in [-0.25, -0.2) is 12.7 Å². The number of benzene rings is 2. The zero-order valence-corrected chi connectivity index (χ0v) is 16.8. The lowest BCUT2D eigenvalue weighted by Crippen LogP contribution is -2.27. The number of para-hydroxylation sites is 1. The van der Waals surface area contributed by atoms with Crippen LogP contribution in [0, 0.1) is 0 Å². The summed E-state index contributed by atoms with van der Waals surface area (Å²) in [5, 5.41) is 3.97. The molecule has 0 saturated heterocycles. The minimum Gasteiger partial charge on any atom is -0.495 e. The van der Waals surface area contributed by atoms with Crippen molar-refractivity contribution in [1.82, 2.24) is 14.6 Å². The van der Waals surface area contributed by atoms with E-state index >= 15 is 0 Å². The van der Waals surface area contributed by atoms with E-state index in [1.54, 1.807) is 6.07 Å². The van der Waals surface area contributed by atoms with E-state index in [2.05, 4.69) is 10.3 Å². The third-order valence-corrected chi connectivity index (χ3v) is 6.38. The number of methoxy groups -OCH3 is 1. The summed E-state index contributed by atoms with van der Waals surface area (Å²) < 4.78 is 31.2. The normalized spacial score (nSPS) is 11.7. The van der Waals surface area contributed by atoms with Gasteiger partial charge in [-0.1, -0.05) is 18.2 Å². The topological polar surface area (TPSA) is 91.5 Å². The predicted octanol–water partition coefficient (Wildman–Crippen LogP) is 2.40. The molecule has 0 aliphatic rings. The van der Waals surface area contributed by atoms with E-state index in [1.165, 1.54) is 33.3 Å². The molecule has 0 spiro atoms. The Morgan fingerprint density at radius 2 is 1.93 bits per heavy atom. The van der Waals surface area contributed by atoms with Gasteiger partial charge in [0, 0.05) is 43.3 Å². The number of hydrogen-bond donors (Lipinski definition) is 2. The molecule has 148 valence electrons. The van der Waals surface area contributed by atoms with Crippen LogP contribution in [0.4, 0.5) is 0 Å². The lowest BCUT2D eigenvalue weighted by molar-refractivity contribution is 0.0954. The largest absolute Gasteiger partial charge is 0.495 e. The molecule has 3 rings (SSSR count). The fourth-order valence-electron chi connectivity index (χ4n) is 2.97. The van der Waals surface area contributed by atoms with Gasteiger partial charge in [-0.05, 0) is 36.2 Å². The Hall–Kier alpha value is -2.84. The summed E-state index contributed by atoms with van der Waals surface area (Å²) >= 11 is 0. The van der Waals surface area contributed by atoms with Crippen LogP contribution in [0.1, 0.15) is 15.9 Å². The van der Waals surface area contributed by atoms with Crippen LogP contribution in [-0.4, -0.2) is 51.4 Å². The van der Waals surface area contributed by atoms with Crippen molar-refractivity contribution in [3.63, 3.8) is 0 Å². The summed E-state index contributed by atoms with van der Waals surface area (Å²) in [6.07, 6.45) is 2.60. The summed E-state index contributed by atoms with van der Waals surface area (Å²) in [4.78, 5) is 15.7. The number of nitrogens with one attached hydrogen (secondary N) is 2. The summed E-state index contributed by atoms with van der Waals surface area (Å²) in [6, 6.07) is 12.4. The van der Waals surface area contributed by atoms with Gasteiger partial charge in [-0.3, -0.25) is 4.79 Å². The Labute approximate surface area is 164 Å². The van der Waals surface area contributed by atoms with E-state index in [0.717, 1.165) is 20.8 Å². The molecule has 0 aliphatic carbocycles. The molecule has 1 amide bonds. The van der Waals surface area contributed by atoms with Crippen LogP contribution >= 0.6 is 0 Å². The fraction of sp³-hybridized carbons (Fsp3) is 0.250. The minimum atomic E-state index is -3.73. The number of aromatic amines is 1. The van der Waals surface area contributed by atoms with Crippen LogP contribution < -0.4 is 10.1 Å². The highest BCUT2D eigenvalue weighted by molar-refractivity contribution is 7.89. The number of carbonyl (C=O) groups excluding carboxylic acids is 1. The second kappa shape index (κ2) is 8.04. The highest BCUT2D eigenvalue weighted by Gasteiger charge is 2.23. The van der Waals surface area contributed by atoms with Crippen LogP contribution in [0.5, 0.6) is 5.75 Å². The molecule has 1 heterocycles. The molecular formula is C20H23N3O4S. The molecule has 8 heteroatoms. The molecule has 0 unspecified atom stereocenters. The number of fused-ring (bicyclic) bond motifs is 1. The van der Waals surface area contributed by atoms with Crippen LogP contribution in [0.2, 0.25) is 0 Å². The average molecular weight is 401 g/mol. The number of ether oxygens (including phenoxy) is 1. The fourth-order valence-corrected chi connectivity index (χ4v) is 4.04. The van der Waals surface area contributed by atoms with E-state index in [9.17, 15) is 13.2 Å². The van der Waals surface area contributed by atoms with Gasteiger partial charge in [0.2, 0.25) is 10.0 Å². The maximum Gasteiger partial charge on any atom is 0.251 e. The summed E-state index contributed by atoms with van der Waals surface area (Å²) in [6.45, 7) is 0.433. The van der Waals surface area contributed by atoms with E-state index < -0.39 is 10.0 Å². The Morgan fingerprint density at radius 1 is 1.18 bits per heavy atom. The number of carbonyl (C=O) groups is 1. The van der Waals surface area contributed by atoms with Gasteiger partial charge in [0.25, 0.3) is 5.91 Å². The van der Waals surface area contributed by atoms with E-state index in [4.69, 9.17) is 4.74 Å². The smallest absolute Gasteiger partial charge is 0.251 e. The highest BCUT2D eigenvalue weighted by Crippen LogP contribution is 2.27. The van der Waals surface area contributed by atoms with E-state index in [0.29, 0.717) is 13.0 Å². The van der Waals surface area contributed by atoms with Gasteiger partial charge in [0.1, 0.15) is 10.6 Å². The minimum absolute atomic E-state index is 0.0377. The number of rotatable bonds is 7. The first-order chi connectivity index (χ1) is 13.3. The molecule has 7 nitrogen and oxygen atoms in total. The molecule has 1 aromatic heterocycles. The Morgan fingerprint density at radius 3 is 2.64 bits per heavy atom. The van der Waals surface area contributed by atoms with Crippen molar-refractivity contribution in [2.75, 3.05) is 27.7 Å². The molecule has 0 bridgehead atoms. The molecule has 0 atom stereocenters. The average Bonchev–Trinajstić information content (AvgIpc) is 3.10. The predicted molar refractivity (Wildman–Crippen MR) is 108 cm³/mol. The van der Waals surface area contributed by atoms with Crippen LogP contribution in [-0.2, 0) is 16.4 Å². The van der Waals surface area contributed by atoms with Crippen molar-refractivity contribution >= 4 is 26.8 Å². The Kier molecular flexibility index (Phi) is 5.71. The number of amides is 1. The monoisotopic (exact) mass is 401 g/mol. The standard InChI is InChI=1S/C20H23N3O4S/c1-23(2)28(25,26)19-12-14(8-9-18(19)27-3)20(24)21-11-10-15-13-22-17-7-5-4-6-16(15)17/h4-9,12-13,22H,10-11H2,1-3H3,(H,21,24). The SMILES string of the molecule is COc1ccc(C(=O)NCCc2c[nH]c3ccccc23)cc1S(=O)(=O)N(C)C. The van der Waals surface area contributed by atoms with Crippen LogP contribution in [0.25, 0.3) is 10.9 Å². The molecular weight excluding hydrogens is 378 g/mol. The molecule has 0 radical (unpaired) electrons.